The molecule has 21 heavy (non-hydrogen) atoms. The van der Waals surface area contributed by atoms with Crippen molar-refractivity contribution in [2.75, 3.05) is 13.1 Å². The topological polar surface area (TPSA) is 3.24 Å². The highest BCUT2D eigenvalue weighted by molar-refractivity contribution is 7.80. The Morgan fingerprint density at radius 2 is 1.52 bits per heavy atom. The van der Waals surface area contributed by atoms with Crippen molar-refractivity contribution in [2.24, 2.45) is 0 Å². The second-order valence-corrected chi connectivity index (χ2v) is 7.31. The third kappa shape index (κ3) is 4.06. The molecule has 2 heteroatoms. The molecular weight excluding hydrogens is 274 g/mol. The zero-order valence-corrected chi connectivity index (χ0v) is 14.8. The van der Waals surface area contributed by atoms with Gasteiger partial charge in [-0.05, 0) is 47.8 Å². The lowest BCUT2D eigenvalue weighted by atomic mass is 9.87. The van der Waals surface area contributed by atoms with Crippen LogP contribution in [0.4, 0.5) is 0 Å². The fourth-order valence-electron chi connectivity index (χ4n) is 3.32. The predicted octanol–water partition coefficient (Wildman–Crippen LogP) is 5.29. The van der Waals surface area contributed by atoms with E-state index in [0.717, 1.165) is 24.5 Å². The molecular formula is C19H29NS. The summed E-state index contributed by atoms with van der Waals surface area (Å²) in [5.74, 6) is 1.12. The smallest absolute Gasteiger partial charge is 0.0823 e. The SMILES string of the molecule is CC(C)c1cccc(C(C)C)c1CC(=S)N1CCCCC1. The summed E-state index contributed by atoms with van der Waals surface area (Å²) in [5, 5.41) is 0. The normalized spacial score (nSPS) is 15.8. The lowest BCUT2D eigenvalue weighted by Gasteiger charge is -2.30. The summed E-state index contributed by atoms with van der Waals surface area (Å²) in [7, 11) is 0. The zero-order valence-electron chi connectivity index (χ0n) is 14.0. The van der Waals surface area contributed by atoms with E-state index in [2.05, 4.69) is 50.8 Å². The van der Waals surface area contributed by atoms with E-state index in [1.165, 1.54) is 36.0 Å². The molecule has 0 spiro atoms. The third-order valence-electron chi connectivity index (χ3n) is 4.53. The number of rotatable bonds is 4. The van der Waals surface area contributed by atoms with Gasteiger partial charge in [0.25, 0.3) is 0 Å². The Bertz CT molecular complexity index is 458. The maximum atomic E-state index is 5.77. The monoisotopic (exact) mass is 303 g/mol. The van der Waals surface area contributed by atoms with Gasteiger partial charge in [0.1, 0.15) is 0 Å². The van der Waals surface area contributed by atoms with Crippen LogP contribution in [-0.4, -0.2) is 23.0 Å². The van der Waals surface area contributed by atoms with E-state index in [1.807, 2.05) is 0 Å². The van der Waals surface area contributed by atoms with Crippen LogP contribution in [0.1, 0.15) is 75.5 Å². The molecule has 0 atom stereocenters. The van der Waals surface area contributed by atoms with Gasteiger partial charge in [-0.15, -0.1) is 0 Å². The number of hydrogen-bond donors (Lipinski definition) is 0. The van der Waals surface area contributed by atoms with Gasteiger partial charge in [0.15, 0.2) is 0 Å². The highest BCUT2D eigenvalue weighted by Gasteiger charge is 2.19. The van der Waals surface area contributed by atoms with Gasteiger partial charge in [0.2, 0.25) is 0 Å². The summed E-state index contributed by atoms with van der Waals surface area (Å²) in [4.78, 5) is 3.57. The molecule has 1 aromatic carbocycles. The van der Waals surface area contributed by atoms with Crippen molar-refractivity contribution >= 4 is 17.2 Å². The molecule has 1 heterocycles. The standard InChI is InChI=1S/C19H29NS/c1-14(2)16-9-8-10-17(15(3)4)18(16)13-19(21)20-11-6-5-7-12-20/h8-10,14-15H,5-7,11-13H2,1-4H3. The van der Waals surface area contributed by atoms with Crippen LogP contribution in [0.15, 0.2) is 18.2 Å². The van der Waals surface area contributed by atoms with Gasteiger partial charge in [-0.25, -0.2) is 0 Å². The first-order valence-corrected chi connectivity index (χ1v) is 8.81. The Kier molecular flexibility index (Phi) is 5.80. The van der Waals surface area contributed by atoms with E-state index in [1.54, 1.807) is 0 Å². The molecule has 1 fully saturated rings. The zero-order chi connectivity index (χ0) is 15.4. The van der Waals surface area contributed by atoms with Crippen LogP contribution in [0.5, 0.6) is 0 Å². The van der Waals surface area contributed by atoms with E-state index in [9.17, 15) is 0 Å². The van der Waals surface area contributed by atoms with Crippen LogP contribution in [0, 0.1) is 0 Å². The van der Waals surface area contributed by atoms with E-state index in [0.29, 0.717) is 11.8 Å². The van der Waals surface area contributed by atoms with Crippen LogP contribution in [0.2, 0.25) is 0 Å². The number of nitrogens with zero attached hydrogens (tertiary/aromatic N) is 1. The van der Waals surface area contributed by atoms with Crippen molar-refractivity contribution < 1.29 is 0 Å². The molecule has 0 amide bonds. The first-order chi connectivity index (χ1) is 10.0. The molecule has 1 nitrogen and oxygen atoms in total. The Hall–Kier alpha value is -0.890. The maximum Gasteiger partial charge on any atom is 0.0823 e. The van der Waals surface area contributed by atoms with Crippen molar-refractivity contribution in [1.29, 1.82) is 0 Å². The predicted molar refractivity (Wildman–Crippen MR) is 96.3 cm³/mol. The van der Waals surface area contributed by atoms with Crippen LogP contribution >= 0.6 is 12.2 Å². The highest BCUT2D eigenvalue weighted by atomic mass is 32.1. The van der Waals surface area contributed by atoms with Gasteiger partial charge < -0.3 is 4.90 Å². The third-order valence-corrected chi connectivity index (χ3v) is 4.93. The molecule has 0 aromatic heterocycles. The maximum absolute atomic E-state index is 5.77. The average Bonchev–Trinajstić information content (AvgIpc) is 2.47. The molecule has 1 aliphatic heterocycles. The summed E-state index contributed by atoms with van der Waals surface area (Å²) in [6.07, 6.45) is 4.89. The van der Waals surface area contributed by atoms with E-state index < -0.39 is 0 Å². The molecule has 0 radical (unpaired) electrons. The summed E-state index contributed by atoms with van der Waals surface area (Å²) >= 11 is 5.77. The molecule has 0 bridgehead atoms. The number of likely N-dealkylation sites (tertiary alicyclic amines) is 1. The van der Waals surface area contributed by atoms with E-state index in [4.69, 9.17) is 12.2 Å². The minimum absolute atomic E-state index is 0.558. The summed E-state index contributed by atoms with van der Waals surface area (Å²) in [5.41, 5.74) is 4.43. The lowest BCUT2D eigenvalue weighted by molar-refractivity contribution is 0.343. The summed E-state index contributed by atoms with van der Waals surface area (Å²) in [6, 6.07) is 6.77. The van der Waals surface area contributed by atoms with Crippen LogP contribution in [0.25, 0.3) is 0 Å². The fraction of sp³-hybridized carbons (Fsp3) is 0.632. The second-order valence-electron chi connectivity index (χ2n) is 6.84. The molecule has 1 aromatic rings. The van der Waals surface area contributed by atoms with Gasteiger partial charge in [-0.1, -0.05) is 58.1 Å². The van der Waals surface area contributed by atoms with Gasteiger partial charge in [-0.3, -0.25) is 0 Å². The first-order valence-electron chi connectivity index (χ1n) is 8.40. The Labute approximate surface area is 135 Å². The Balaban J connectivity index is 2.26. The van der Waals surface area contributed by atoms with Crippen molar-refractivity contribution in [1.82, 2.24) is 4.90 Å². The van der Waals surface area contributed by atoms with E-state index in [-0.39, 0.29) is 0 Å². The molecule has 0 N–H and O–H groups in total. The Morgan fingerprint density at radius 1 is 1.00 bits per heavy atom. The molecule has 1 saturated heterocycles. The van der Waals surface area contributed by atoms with Crippen LogP contribution in [-0.2, 0) is 6.42 Å². The van der Waals surface area contributed by atoms with Crippen molar-refractivity contribution in [3.05, 3.63) is 34.9 Å². The first kappa shape index (κ1) is 16.5. The number of thiocarbonyl (C=S) groups is 1. The largest absolute Gasteiger partial charge is 0.366 e. The van der Waals surface area contributed by atoms with Crippen molar-refractivity contribution in [2.45, 2.75) is 65.2 Å². The number of benzene rings is 1. The number of piperidine rings is 1. The molecule has 0 saturated carbocycles. The van der Waals surface area contributed by atoms with Gasteiger partial charge in [0, 0.05) is 19.5 Å². The lowest BCUT2D eigenvalue weighted by Crippen LogP contribution is -2.35. The van der Waals surface area contributed by atoms with Crippen LogP contribution in [0.3, 0.4) is 0 Å². The molecule has 116 valence electrons. The Morgan fingerprint density at radius 3 is 2.00 bits per heavy atom. The van der Waals surface area contributed by atoms with Gasteiger partial charge in [0.05, 0.1) is 4.99 Å². The van der Waals surface area contributed by atoms with Gasteiger partial charge >= 0.3 is 0 Å². The molecule has 0 unspecified atom stereocenters. The fourth-order valence-corrected chi connectivity index (χ4v) is 3.64. The summed E-state index contributed by atoms with van der Waals surface area (Å²) < 4.78 is 0. The van der Waals surface area contributed by atoms with Crippen LogP contribution < -0.4 is 0 Å². The summed E-state index contributed by atoms with van der Waals surface area (Å²) in [6.45, 7) is 11.4. The van der Waals surface area contributed by atoms with Crippen molar-refractivity contribution in [3.8, 4) is 0 Å². The molecule has 1 aliphatic rings. The minimum Gasteiger partial charge on any atom is -0.366 e. The average molecular weight is 304 g/mol. The molecule has 0 aliphatic carbocycles. The van der Waals surface area contributed by atoms with Gasteiger partial charge in [-0.2, -0.15) is 0 Å². The quantitative estimate of drug-likeness (QED) is 0.695. The molecule has 2 rings (SSSR count). The second kappa shape index (κ2) is 7.40. The number of hydrogen-bond acceptors (Lipinski definition) is 1. The van der Waals surface area contributed by atoms with Crippen molar-refractivity contribution in [3.63, 3.8) is 0 Å². The highest BCUT2D eigenvalue weighted by Crippen LogP contribution is 2.29. The minimum atomic E-state index is 0.558. The van der Waals surface area contributed by atoms with E-state index >= 15 is 0 Å².